The fourth-order valence-electron chi connectivity index (χ4n) is 3.39. The minimum Gasteiger partial charge on any atom is -0.490 e. The summed E-state index contributed by atoms with van der Waals surface area (Å²) in [4.78, 5) is 20.1. The molecule has 1 amide bonds. The third-order valence-corrected chi connectivity index (χ3v) is 4.63. The Kier molecular flexibility index (Phi) is 5.33. The molecule has 6 heteroatoms. The number of rotatable bonds is 4. The van der Waals surface area contributed by atoms with Gasteiger partial charge in [0.25, 0.3) is 0 Å². The zero-order valence-corrected chi connectivity index (χ0v) is 13.7. The summed E-state index contributed by atoms with van der Waals surface area (Å²) in [5.74, 6) is 0.896. The van der Waals surface area contributed by atoms with Gasteiger partial charge in [-0.3, -0.25) is 9.88 Å². The SMILES string of the molecule is CCOC(=O)N1CCC(N2CCC(Oc3ccncc3)CC2)C1. The molecule has 2 aliphatic rings. The van der Waals surface area contributed by atoms with Crippen LogP contribution in [0.15, 0.2) is 24.5 Å². The Bertz CT molecular complexity index is 503. The number of amides is 1. The molecule has 0 radical (unpaired) electrons. The van der Waals surface area contributed by atoms with Gasteiger partial charge in [0.05, 0.1) is 6.61 Å². The first kappa shape index (κ1) is 16.1. The first-order chi connectivity index (χ1) is 11.3. The summed E-state index contributed by atoms with van der Waals surface area (Å²) in [5, 5.41) is 0. The summed E-state index contributed by atoms with van der Waals surface area (Å²) in [6.07, 6.45) is 6.70. The van der Waals surface area contributed by atoms with E-state index in [1.54, 1.807) is 12.4 Å². The van der Waals surface area contributed by atoms with Crippen molar-refractivity contribution >= 4 is 6.09 Å². The average molecular weight is 319 g/mol. The van der Waals surface area contributed by atoms with Gasteiger partial charge in [-0.1, -0.05) is 0 Å². The first-order valence-electron chi connectivity index (χ1n) is 8.48. The van der Waals surface area contributed by atoms with Crippen molar-refractivity contribution in [1.29, 1.82) is 0 Å². The highest BCUT2D eigenvalue weighted by Crippen LogP contribution is 2.23. The van der Waals surface area contributed by atoms with Gasteiger partial charge in [-0.25, -0.2) is 4.79 Å². The van der Waals surface area contributed by atoms with Crippen LogP contribution in [0.4, 0.5) is 4.79 Å². The lowest BCUT2D eigenvalue weighted by atomic mass is 10.0. The van der Waals surface area contributed by atoms with Crippen LogP contribution in [0.5, 0.6) is 5.75 Å². The number of carbonyl (C=O) groups is 1. The number of pyridine rings is 1. The van der Waals surface area contributed by atoms with Crippen LogP contribution in [0.1, 0.15) is 26.2 Å². The maximum absolute atomic E-state index is 11.8. The van der Waals surface area contributed by atoms with Crippen LogP contribution in [0, 0.1) is 0 Å². The van der Waals surface area contributed by atoms with Crippen molar-refractivity contribution in [3.05, 3.63) is 24.5 Å². The predicted molar refractivity (Wildman–Crippen MR) is 86.5 cm³/mol. The molecular formula is C17H25N3O3. The van der Waals surface area contributed by atoms with Crippen LogP contribution < -0.4 is 4.74 Å². The summed E-state index contributed by atoms with van der Waals surface area (Å²) in [7, 11) is 0. The monoisotopic (exact) mass is 319 g/mol. The minimum absolute atomic E-state index is 0.175. The van der Waals surface area contributed by atoms with Crippen molar-refractivity contribution in [3.8, 4) is 5.75 Å². The number of likely N-dealkylation sites (tertiary alicyclic amines) is 2. The molecule has 3 heterocycles. The number of carbonyl (C=O) groups excluding carboxylic acids is 1. The number of nitrogens with zero attached hydrogens (tertiary/aromatic N) is 3. The number of piperidine rings is 1. The molecule has 0 spiro atoms. The summed E-state index contributed by atoms with van der Waals surface area (Å²) < 4.78 is 11.1. The van der Waals surface area contributed by atoms with E-state index in [9.17, 15) is 4.79 Å². The van der Waals surface area contributed by atoms with Gasteiger partial charge < -0.3 is 14.4 Å². The second-order valence-electron chi connectivity index (χ2n) is 6.12. The second-order valence-corrected chi connectivity index (χ2v) is 6.12. The van der Waals surface area contributed by atoms with E-state index in [1.807, 2.05) is 24.0 Å². The first-order valence-corrected chi connectivity index (χ1v) is 8.48. The van der Waals surface area contributed by atoms with Gasteiger partial charge >= 0.3 is 6.09 Å². The summed E-state index contributed by atoms with van der Waals surface area (Å²) in [5.41, 5.74) is 0. The lowest BCUT2D eigenvalue weighted by Gasteiger charge is -2.35. The largest absolute Gasteiger partial charge is 0.490 e. The highest BCUT2D eigenvalue weighted by Gasteiger charge is 2.33. The topological polar surface area (TPSA) is 54.9 Å². The Morgan fingerprint density at radius 2 is 1.96 bits per heavy atom. The van der Waals surface area contributed by atoms with Gasteiger partial charge in [-0.05, 0) is 38.3 Å². The van der Waals surface area contributed by atoms with Gasteiger partial charge in [-0.15, -0.1) is 0 Å². The van der Waals surface area contributed by atoms with Crippen LogP contribution in [-0.2, 0) is 4.74 Å². The second kappa shape index (κ2) is 7.64. The Balaban J connectivity index is 1.43. The van der Waals surface area contributed by atoms with Crippen molar-refractivity contribution in [2.45, 2.75) is 38.3 Å². The van der Waals surface area contributed by atoms with Crippen molar-refractivity contribution < 1.29 is 14.3 Å². The van der Waals surface area contributed by atoms with E-state index in [0.717, 1.165) is 51.2 Å². The predicted octanol–water partition coefficient (Wildman–Crippen LogP) is 2.16. The highest BCUT2D eigenvalue weighted by atomic mass is 16.6. The fourth-order valence-corrected chi connectivity index (χ4v) is 3.39. The third-order valence-electron chi connectivity index (χ3n) is 4.63. The van der Waals surface area contributed by atoms with Crippen LogP contribution in [-0.4, -0.2) is 65.8 Å². The molecule has 1 atom stereocenters. The average Bonchev–Trinajstić information content (AvgIpc) is 3.07. The molecule has 2 aliphatic heterocycles. The molecule has 23 heavy (non-hydrogen) atoms. The summed E-state index contributed by atoms with van der Waals surface area (Å²) >= 11 is 0. The van der Waals surface area contributed by atoms with Crippen molar-refractivity contribution in [2.75, 3.05) is 32.8 Å². The van der Waals surface area contributed by atoms with Crippen LogP contribution in [0.3, 0.4) is 0 Å². The number of ether oxygens (including phenoxy) is 2. The molecule has 0 bridgehead atoms. The Morgan fingerprint density at radius 1 is 1.22 bits per heavy atom. The van der Waals surface area contributed by atoms with E-state index in [0.29, 0.717) is 12.6 Å². The van der Waals surface area contributed by atoms with Gasteiger partial charge in [0.15, 0.2) is 0 Å². The molecule has 0 N–H and O–H groups in total. The van der Waals surface area contributed by atoms with Crippen LogP contribution >= 0.6 is 0 Å². The number of aromatic nitrogens is 1. The van der Waals surface area contributed by atoms with Crippen molar-refractivity contribution in [3.63, 3.8) is 0 Å². The maximum Gasteiger partial charge on any atom is 0.409 e. The molecule has 6 nitrogen and oxygen atoms in total. The van der Waals surface area contributed by atoms with Gasteiger partial charge in [0, 0.05) is 44.6 Å². The third kappa shape index (κ3) is 4.13. The smallest absolute Gasteiger partial charge is 0.409 e. The minimum atomic E-state index is -0.175. The van der Waals surface area contributed by atoms with E-state index < -0.39 is 0 Å². The Morgan fingerprint density at radius 3 is 2.65 bits per heavy atom. The number of hydrogen-bond acceptors (Lipinski definition) is 5. The van der Waals surface area contributed by atoms with Crippen molar-refractivity contribution in [1.82, 2.24) is 14.8 Å². The molecule has 3 rings (SSSR count). The number of hydrogen-bond donors (Lipinski definition) is 0. The molecule has 126 valence electrons. The molecule has 1 unspecified atom stereocenters. The zero-order valence-electron chi connectivity index (χ0n) is 13.7. The molecule has 1 aromatic heterocycles. The van der Waals surface area contributed by atoms with Gasteiger partial charge in [0.2, 0.25) is 0 Å². The molecule has 0 saturated carbocycles. The molecule has 2 saturated heterocycles. The molecule has 0 aromatic carbocycles. The van der Waals surface area contributed by atoms with E-state index in [1.165, 1.54) is 0 Å². The van der Waals surface area contributed by atoms with E-state index in [2.05, 4.69) is 9.88 Å². The summed E-state index contributed by atoms with van der Waals surface area (Å²) in [6, 6.07) is 4.27. The standard InChI is InChI=1S/C17H25N3O3/c1-2-22-17(21)20-10-5-14(13-20)19-11-6-16(7-12-19)23-15-3-8-18-9-4-15/h3-4,8-9,14,16H,2,5-7,10-13H2,1H3. The van der Waals surface area contributed by atoms with E-state index >= 15 is 0 Å². The molecule has 0 aliphatic carbocycles. The maximum atomic E-state index is 11.8. The highest BCUT2D eigenvalue weighted by molar-refractivity contribution is 5.68. The Labute approximate surface area is 137 Å². The molecule has 2 fully saturated rings. The Hall–Kier alpha value is -1.82. The molecular weight excluding hydrogens is 294 g/mol. The van der Waals surface area contributed by atoms with E-state index in [4.69, 9.17) is 9.47 Å². The zero-order chi connectivity index (χ0) is 16.1. The van der Waals surface area contributed by atoms with Crippen LogP contribution in [0.2, 0.25) is 0 Å². The molecule has 1 aromatic rings. The normalized spacial score (nSPS) is 23.0. The van der Waals surface area contributed by atoms with Gasteiger partial charge in [0.1, 0.15) is 11.9 Å². The van der Waals surface area contributed by atoms with Crippen molar-refractivity contribution in [2.24, 2.45) is 0 Å². The fraction of sp³-hybridized carbons (Fsp3) is 0.647. The lowest BCUT2D eigenvalue weighted by molar-refractivity contribution is 0.0739. The summed E-state index contributed by atoms with van der Waals surface area (Å²) in [6.45, 7) is 5.93. The lowest BCUT2D eigenvalue weighted by Crippen LogP contribution is -2.45. The van der Waals surface area contributed by atoms with Crippen LogP contribution in [0.25, 0.3) is 0 Å². The van der Waals surface area contributed by atoms with Gasteiger partial charge in [-0.2, -0.15) is 0 Å². The quantitative estimate of drug-likeness (QED) is 0.851. The van der Waals surface area contributed by atoms with E-state index in [-0.39, 0.29) is 12.2 Å².